The zero-order chi connectivity index (χ0) is 44.2. The van der Waals surface area contributed by atoms with Gasteiger partial charge in [0.1, 0.15) is 11.5 Å². The van der Waals surface area contributed by atoms with E-state index in [-0.39, 0.29) is 17.4 Å². The fourth-order valence-corrected chi connectivity index (χ4v) is 9.13. The van der Waals surface area contributed by atoms with Crippen LogP contribution in [-0.4, -0.2) is 34.5 Å². The molecule has 8 aromatic carbocycles. The Morgan fingerprint density at radius 3 is 1.30 bits per heavy atom. The summed E-state index contributed by atoms with van der Waals surface area (Å²) in [5, 5.41) is 2.27. The van der Waals surface area contributed by atoms with E-state index in [1.807, 2.05) is 140 Å². The first-order valence-electron chi connectivity index (χ1n) is 21.9. The number of nitrogens with zero attached hydrogens (tertiary/aromatic N) is 7. The van der Waals surface area contributed by atoms with Crippen LogP contribution < -0.4 is 9.47 Å². The lowest BCUT2D eigenvalue weighted by Crippen LogP contribution is -2.15. The molecule has 0 saturated carbocycles. The van der Waals surface area contributed by atoms with Crippen LogP contribution in [0.2, 0.25) is 0 Å². The molecule has 0 saturated heterocycles. The maximum atomic E-state index is 6.77. The zero-order valence-electron chi connectivity index (χ0n) is 36.0. The lowest BCUT2D eigenvalue weighted by molar-refractivity contribution is 0.421. The van der Waals surface area contributed by atoms with Crippen LogP contribution in [0.3, 0.4) is 0 Å². The normalized spacial score (nSPS) is 12.5. The van der Waals surface area contributed by atoms with E-state index in [0.717, 1.165) is 49.7 Å². The number of fused-ring (bicyclic) bond motifs is 6. The molecule has 0 bridgehead atoms. The molecule has 66 heavy (non-hydrogen) atoms. The van der Waals surface area contributed by atoms with Gasteiger partial charge in [0.2, 0.25) is 0 Å². The monoisotopic (exact) mass is 853 g/mol. The Bertz CT molecular complexity index is 3350. The fourth-order valence-electron chi connectivity index (χ4n) is 9.13. The minimum absolute atomic E-state index is 0.128. The second kappa shape index (κ2) is 15.8. The summed E-state index contributed by atoms with van der Waals surface area (Å²) in [6.07, 6.45) is 0. The highest BCUT2D eigenvalue weighted by molar-refractivity contribution is 6.11. The van der Waals surface area contributed by atoms with Crippen molar-refractivity contribution in [2.75, 3.05) is 0 Å². The molecule has 0 amide bonds. The van der Waals surface area contributed by atoms with Crippen LogP contribution in [0.4, 0.5) is 0 Å². The van der Waals surface area contributed by atoms with E-state index < -0.39 is 0 Å². The van der Waals surface area contributed by atoms with Gasteiger partial charge < -0.3 is 14.0 Å². The Morgan fingerprint density at radius 1 is 0.364 bits per heavy atom. The molecule has 0 unspecified atom stereocenters. The molecule has 0 fully saturated rings. The van der Waals surface area contributed by atoms with Crippen LogP contribution in [0.25, 0.3) is 84.2 Å². The third-order valence-electron chi connectivity index (χ3n) is 12.3. The van der Waals surface area contributed by atoms with Gasteiger partial charge >= 0.3 is 12.0 Å². The van der Waals surface area contributed by atoms with Crippen molar-refractivity contribution in [1.29, 1.82) is 0 Å². The van der Waals surface area contributed by atoms with Crippen LogP contribution in [0.5, 0.6) is 23.5 Å². The van der Waals surface area contributed by atoms with Gasteiger partial charge in [0, 0.05) is 56.6 Å². The van der Waals surface area contributed by atoms with Gasteiger partial charge in [-0.2, -0.15) is 19.9 Å². The summed E-state index contributed by atoms with van der Waals surface area (Å²) < 4.78 is 15.8. The van der Waals surface area contributed by atoms with Gasteiger partial charge in [-0.3, -0.25) is 0 Å². The van der Waals surface area contributed by atoms with E-state index in [0.29, 0.717) is 34.8 Å². The molecule has 314 valence electrons. The van der Waals surface area contributed by atoms with E-state index in [2.05, 4.69) is 79.1 Å². The summed E-state index contributed by atoms with van der Waals surface area (Å²) in [4.78, 5) is 29.2. The van der Waals surface area contributed by atoms with Crippen molar-refractivity contribution in [3.05, 3.63) is 211 Å². The Balaban J connectivity index is 1.06. The highest BCUT2D eigenvalue weighted by Gasteiger charge is 2.36. The third kappa shape index (κ3) is 6.90. The predicted octanol–water partition coefficient (Wildman–Crippen LogP) is 13.7. The highest BCUT2D eigenvalue weighted by atomic mass is 16.5. The highest BCUT2D eigenvalue weighted by Crippen LogP contribution is 2.51. The number of rotatable bonds is 9. The zero-order valence-corrected chi connectivity index (χ0v) is 36.0. The van der Waals surface area contributed by atoms with Crippen molar-refractivity contribution in [3.8, 4) is 85.9 Å². The number of ether oxygens (including phenoxy) is 2. The van der Waals surface area contributed by atoms with Gasteiger partial charge in [0.05, 0.1) is 16.7 Å². The molecule has 11 aromatic rings. The smallest absolute Gasteiger partial charge is 0.326 e. The minimum atomic E-state index is -0.210. The molecule has 9 nitrogen and oxygen atoms in total. The van der Waals surface area contributed by atoms with Crippen molar-refractivity contribution in [2.45, 2.75) is 19.3 Å². The molecule has 12 rings (SSSR count). The quantitative estimate of drug-likeness (QED) is 0.141. The molecular weight excluding hydrogens is 815 g/mol. The summed E-state index contributed by atoms with van der Waals surface area (Å²) in [5.74, 6) is 2.82. The topological polar surface area (TPSA) is 101 Å². The second-order valence-electron chi connectivity index (χ2n) is 16.8. The molecular formula is C57H39N7O2. The van der Waals surface area contributed by atoms with Gasteiger partial charge in [0.25, 0.3) is 0 Å². The molecule has 0 N–H and O–H groups in total. The maximum Gasteiger partial charge on any atom is 0.326 e. The molecule has 1 aliphatic rings. The summed E-state index contributed by atoms with van der Waals surface area (Å²) in [6.45, 7) is 4.61. The number of benzene rings is 8. The first kappa shape index (κ1) is 38.8. The van der Waals surface area contributed by atoms with Gasteiger partial charge in [-0.05, 0) is 40.5 Å². The molecule has 3 heterocycles. The fraction of sp³-hybridized carbons (Fsp3) is 0.0526. The Kier molecular flexibility index (Phi) is 9.27. The standard InChI is InChI=1S/C57H39N7O2/c1-57(2)47-29-17-15-27-43(47)45-34-46-44-28-16-18-30-49(44)64(50(46)35-48(45)57)40-31-41(65-55-60-51(36-19-7-3-8-20-36)58-52(61-55)37-21-9-4-10-22-37)33-42(32-40)66-56-62-53(38-23-11-5-12-24-38)59-54(63-56)39-25-13-6-14-26-39/h3-35H,1-2H3. The van der Waals surface area contributed by atoms with Crippen LogP contribution in [0.15, 0.2) is 200 Å². The van der Waals surface area contributed by atoms with E-state index in [1.165, 1.54) is 22.3 Å². The van der Waals surface area contributed by atoms with Gasteiger partial charge in [-0.15, -0.1) is 0 Å². The molecule has 0 radical (unpaired) electrons. The largest absolute Gasteiger partial charge is 0.424 e. The maximum absolute atomic E-state index is 6.77. The van der Waals surface area contributed by atoms with Crippen molar-refractivity contribution >= 4 is 21.8 Å². The lowest BCUT2D eigenvalue weighted by atomic mass is 9.82. The van der Waals surface area contributed by atoms with Crippen LogP contribution >= 0.6 is 0 Å². The number of hydrogen-bond acceptors (Lipinski definition) is 8. The van der Waals surface area contributed by atoms with Crippen LogP contribution in [0, 0.1) is 0 Å². The van der Waals surface area contributed by atoms with Crippen LogP contribution in [0.1, 0.15) is 25.0 Å². The summed E-state index contributed by atoms with van der Waals surface area (Å²) in [6, 6.07) is 67.4. The van der Waals surface area contributed by atoms with E-state index >= 15 is 0 Å². The number of para-hydroxylation sites is 1. The van der Waals surface area contributed by atoms with Crippen molar-refractivity contribution in [1.82, 2.24) is 34.5 Å². The van der Waals surface area contributed by atoms with Gasteiger partial charge in [-0.1, -0.05) is 178 Å². The first-order valence-corrected chi connectivity index (χ1v) is 21.9. The van der Waals surface area contributed by atoms with Crippen LogP contribution in [-0.2, 0) is 5.41 Å². The Hall–Kier alpha value is -8.82. The summed E-state index contributed by atoms with van der Waals surface area (Å²) in [5.41, 5.74) is 11.1. The molecule has 0 aliphatic heterocycles. The summed E-state index contributed by atoms with van der Waals surface area (Å²) >= 11 is 0. The average molecular weight is 854 g/mol. The molecule has 1 aliphatic carbocycles. The van der Waals surface area contributed by atoms with E-state index in [1.54, 1.807) is 0 Å². The van der Waals surface area contributed by atoms with E-state index in [4.69, 9.17) is 39.4 Å². The number of aromatic nitrogens is 7. The van der Waals surface area contributed by atoms with Gasteiger partial charge in [-0.25, -0.2) is 9.97 Å². The van der Waals surface area contributed by atoms with Crippen molar-refractivity contribution in [3.63, 3.8) is 0 Å². The molecule has 0 atom stereocenters. The third-order valence-corrected chi connectivity index (χ3v) is 12.3. The summed E-state index contributed by atoms with van der Waals surface area (Å²) in [7, 11) is 0. The van der Waals surface area contributed by atoms with Crippen molar-refractivity contribution in [2.24, 2.45) is 0 Å². The van der Waals surface area contributed by atoms with Crippen molar-refractivity contribution < 1.29 is 9.47 Å². The van der Waals surface area contributed by atoms with E-state index in [9.17, 15) is 0 Å². The average Bonchev–Trinajstić information content (AvgIpc) is 3.81. The predicted molar refractivity (Wildman–Crippen MR) is 260 cm³/mol. The lowest BCUT2D eigenvalue weighted by Gasteiger charge is -2.21. The molecule has 9 heteroatoms. The Morgan fingerprint density at radius 2 is 0.803 bits per heavy atom. The second-order valence-corrected chi connectivity index (χ2v) is 16.8. The molecule has 0 spiro atoms. The van der Waals surface area contributed by atoms with Gasteiger partial charge in [0.15, 0.2) is 23.3 Å². The number of hydrogen-bond donors (Lipinski definition) is 0. The molecule has 3 aromatic heterocycles. The SMILES string of the molecule is CC1(C)c2ccccc2-c2cc3c4ccccc4n(-c4cc(Oc5nc(-c6ccccc6)nc(-c6ccccc6)n5)cc(Oc5nc(-c6ccccc6)nc(-c6ccccc6)n5)c4)c3cc21. The minimum Gasteiger partial charge on any atom is -0.424 e. The Labute approximate surface area is 380 Å². The first-order chi connectivity index (χ1) is 32.4.